The summed E-state index contributed by atoms with van der Waals surface area (Å²) in [4.78, 5) is 8.34. The third kappa shape index (κ3) is 5.19. The van der Waals surface area contributed by atoms with E-state index in [1.54, 1.807) is 38.1 Å². The summed E-state index contributed by atoms with van der Waals surface area (Å²) in [7, 11) is -0.586. The monoisotopic (exact) mass is 384 g/mol. The first-order chi connectivity index (χ1) is 12.4. The average Bonchev–Trinajstić information content (AvgIpc) is 3.04. The molecule has 1 N–H and O–H groups in total. The summed E-state index contributed by atoms with van der Waals surface area (Å²) in [6, 6.07) is -0.254. The fraction of sp³-hybridized carbons (Fsp3) is 0.600. The summed E-state index contributed by atoms with van der Waals surface area (Å²) < 4.78 is 39.7. The summed E-state index contributed by atoms with van der Waals surface area (Å²) in [6.45, 7) is 4.08. The van der Waals surface area contributed by atoms with Gasteiger partial charge >= 0.3 is 0 Å². The van der Waals surface area contributed by atoms with Gasteiger partial charge < -0.3 is 9.47 Å². The number of methoxy groups -OCH3 is 2. The van der Waals surface area contributed by atoms with Gasteiger partial charge in [0.15, 0.2) is 0 Å². The van der Waals surface area contributed by atoms with E-state index in [1.165, 1.54) is 6.33 Å². The van der Waals surface area contributed by atoms with E-state index >= 15 is 0 Å². The number of hydrogen-bond donors (Lipinski definition) is 1. The molecule has 26 heavy (non-hydrogen) atoms. The molecule has 2 rings (SSSR count). The number of anilines is 1. The number of ether oxygens (including phenoxy) is 2. The summed E-state index contributed by atoms with van der Waals surface area (Å²) in [5, 5.41) is 6.94. The van der Waals surface area contributed by atoms with E-state index < -0.39 is 15.3 Å². The zero-order chi connectivity index (χ0) is 19.2. The van der Waals surface area contributed by atoms with Crippen molar-refractivity contribution in [1.82, 2.24) is 24.7 Å². The van der Waals surface area contributed by atoms with Crippen molar-refractivity contribution in [2.45, 2.75) is 31.6 Å². The summed E-state index contributed by atoms with van der Waals surface area (Å²) in [5.41, 5.74) is 1.38. The Labute approximate surface area is 153 Å². The highest BCUT2D eigenvalue weighted by Gasteiger charge is 2.25. The number of aryl methyl sites for hydroxylation is 1. The van der Waals surface area contributed by atoms with E-state index in [0.29, 0.717) is 18.9 Å². The molecule has 0 spiro atoms. The van der Waals surface area contributed by atoms with E-state index in [1.807, 2.05) is 6.92 Å². The van der Waals surface area contributed by atoms with Crippen LogP contribution in [0.4, 0.5) is 5.95 Å². The topological polar surface area (TPSA) is 121 Å². The van der Waals surface area contributed by atoms with E-state index in [4.69, 9.17) is 9.47 Å². The largest absolute Gasteiger partial charge is 0.382 e. The van der Waals surface area contributed by atoms with Crippen molar-refractivity contribution in [3.05, 3.63) is 30.1 Å². The predicted octanol–water partition coefficient (Wildman–Crippen LogP) is 0.583. The van der Waals surface area contributed by atoms with Gasteiger partial charge in [-0.2, -0.15) is 0 Å². The lowest BCUT2D eigenvalue weighted by Crippen LogP contribution is -2.30. The van der Waals surface area contributed by atoms with Crippen molar-refractivity contribution in [3.8, 4) is 0 Å². The second kappa shape index (κ2) is 9.01. The van der Waals surface area contributed by atoms with Crippen LogP contribution in [0.2, 0.25) is 0 Å². The molecule has 11 heteroatoms. The number of rotatable bonds is 10. The van der Waals surface area contributed by atoms with Crippen LogP contribution >= 0.6 is 0 Å². The van der Waals surface area contributed by atoms with Gasteiger partial charge in [-0.3, -0.25) is 19.3 Å². The lowest BCUT2D eigenvalue weighted by atomic mass is 10.2. The van der Waals surface area contributed by atoms with Gasteiger partial charge in [0.05, 0.1) is 35.9 Å². The van der Waals surface area contributed by atoms with Crippen molar-refractivity contribution >= 4 is 16.0 Å². The molecule has 0 aliphatic rings. The van der Waals surface area contributed by atoms with E-state index in [0.717, 1.165) is 5.69 Å². The quantitative estimate of drug-likeness (QED) is 0.631. The Hall–Kier alpha value is -2.11. The number of nitrogens with one attached hydrogen (secondary N) is 1. The van der Waals surface area contributed by atoms with Crippen LogP contribution in [-0.2, 0) is 25.9 Å². The van der Waals surface area contributed by atoms with Crippen LogP contribution in [0.3, 0.4) is 0 Å². The van der Waals surface area contributed by atoms with E-state index in [2.05, 4.69) is 24.9 Å². The Morgan fingerprint density at radius 1 is 1.19 bits per heavy atom. The maximum Gasteiger partial charge on any atom is 0.238 e. The molecule has 2 heterocycles. The van der Waals surface area contributed by atoms with Crippen molar-refractivity contribution in [1.29, 1.82) is 0 Å². The molecule has 2 aromatic heterocycles. The summed E-state index contributed by atoms with van der Waals surface area (Å²) >= 11 is 0. The number of sulfonamides is 1. The number of aromatic nitrogens is 5. The maximum atomic E-state index is 12.7. The summed E-state index contributed by atoms with van der Waals surface area (Å²) in [5.74, 6) is 0.117. The molecular weight excluding hydrogens is 360 g/mol. The number of hydrogen-bond acceptors (Lipinski definition) is 8. The third-order valence-corrected chi connectivity index (χ3v) is 5.47. The van der Waals surface area contributed by atoms with Crippen LogP contribution in [0.5, 0.6) is 0 Å². The Morgan fingerprint density at radius 3 is 2.46 bits per heavy atom. The van der Waals surface area contributed by atoms with E-state index in [-0.39, 0.29) is 18.4 Å². The molecule has 10 nitrogen and oxygen atoms in total. The highest BCUT2D eigenvalue weighted by Crippen LogP contribution is 2.17. The molecule has 0 saturated heterocycles. The Morgan fingerprint density at radius 2 is 1.88 bits per heavy atom. The standard InChI is InChI=1S/C15H24N6O4S/c1-11-6-17-13(7-16-11)5-12(2)26(22,23)20-15-19-18-10-21(15)14(8-24-3)9-25-4/h6-7,10,12,14H,5,8-9H2,1-4H3,(H,19,20)/t12-/m0/s1. The first kappa shape index (κ1) is 20.2. The fourth-order valence-electron chi connectivity index (χ4n) is 2.33. The van der Waals surface area contributed by atoms with Crippen molar-refractivity contribution < 1.29 is 17.9 Å². The van der Waals surface area contributed by atoms with Gasteiger partial charge in [0.1, 0.15) is 6.33 Å². The average molecular weight is 384 g/mol. The smallest absolute Gasteiger partial charge is 0.238 e. The van der Waals surface area contributed by atoms with Gasteiger partial charge in [-0.1, -0.05) is 0 Å². The molecule has 1 atom stereocenters. The first-order valence-electron chi connectivity index (χ1n) is 8.04. The van der Waals surface area contributed by atoms with Crippen LogP contribution in [0, 0.1) is 6.92 Å². The number of nitrogens with zero attached hydrogens (tertiary/aromatic N) is 5. The van der Waals surface area contributed by atoms with Crippen molar-refractivity contribution in [2.24, 2.45) is 0 Å². The molecule has 0 radical (unpaired) electrons. The zero-order valence-corrected chi connectivity index (χ0v) is 16.1. The Balaban J connectivity index is 2.13. The second-order valence-electron chi connectivity index (χ2n) is 5.94. The molecule has 0 aromatic carbocycles. The fourth-order valence-corrected chi connectivity index (χ4v) is 3.33. The van der Waals surface area contributed by atoms with Crippen LogP contribution in [-0.4, -0.2) is 65.8 Å². The van der Waals surface area contributed by atoms with Gasteiger partial charge in [-0.15, -0.1) is 10.2 Å². The van der Waals surface area contributed by atoms with Gasteiger partial charge in [-0.05, 0) is 13.8 Å². The SMILES string of the molecule is COCC(COC)n1cnnc1NS(=O)(=O)[C@@H](C)Cc1cnc(C)cn1. The molecule has 0 aliphatic heterocycles. The lowest BCUT2D eigenvalue weighted by Gasteiger charge is -2.20. The van der Waals surface area contributed by atoms with Gasteiger partial charge in [0, 0.05) is 33.0 Å². The first-order valence-corrected chi connectivity index (χ1v) is 9.58. The van der Waals surface area contributed by atoms with Crippen LogP contribution in [0.15, 0.2) is 18.7 Å². The lowest BCUT2D eigenvalue weighted by molar-refractivity contribution is 0.0902. The second-order valence-corrected chi connectivity index (χ2v) is 8.04. The molecule has 0 aliphatic carbocycles. The van der Waals surface area contributed by atoms with Crippen LogP contribution in [0.25, 0.3) is 0 Å². The minimum Gasteiger partial charge on any atom is -0.382 e. The summed E-state index contributed by atoms with van der Waals surface area (Å²) in [6.07, 6.45) is 4.86. The molecule has 0 saturated carbocycles. The van der Waals surface area contributed by atoms with E-state index in [9.17, 15) is 8.42 Å². The Bertz CT molecular complexity index is 787. The van der Waals surface area contributed by atoms with Gasteiger partial charge in [-0.25, -0.2) is 8.42 Å². The Kier molecular flexibility index (Phi) is 7.00. The molecule has 0 bridgehead atoms. The molecular formula is C15H24N6O4S. The molecule has 0 unspecified atom stereocenters. The van der Waals surface area contributed by atoms with Crippen molar-refractivity contribution in [3.63, 3.8) is 0 Å². The molecule has 0 amide bonds. The third-order valence-electron chi connectivity index (χ3n) is 3.78. The van der Waals surface area contributed by atoms with Gasteiger partial charge in [0.25, 0.3) is 0 Å². The van der Waals surface area contributed by atoms with Crippen molar-refractivity contribution in [2.75, 3.05) is 32.2 Å². The minimum absolute atomic E-state index is 0.117. The molecule has 0 fully saturated rings. The highest BCUT2D eigenvalue weighted by molar-refractivity contribution is 7.93. The minimum atomic E-state index is -3.70. The highest BCUT2D eigenvalue weighted by atomic mass is 32.2. The van der Waals surface area contributed by atoms with Crippen LogP contribution in [0.1, 0.15) is 24.4 Å². The molecule has 2 aromatic rings. The van der Waals surface area contributed by atoms with Crippen LogP contribution < -0.4 is 4.72 Å². The molecule has 144 valence electrons. The normalized spacial score (nSPS) is 13.1. The predicted molar refractivity (Wildman–Crippen MR) is 95.3 cm³/mol. The zero-order valence-electron chi connectivity index (χ0n) is 15.3. The van der Waals surface area contributed by atoms with Gasteiger partial charge in [0.2, 0.25) is 16.0 Å². The maximum absolute atomic E-state index is 12.7.